The third kappa shape index (κ3) is 1.10. The summed E-state index contributed by atoms with van der Waals surface area (Å²) < 4.78 is 0. The van der Waals surface area contributed by atoms with E-state index in [0.717, 1.165) is 0 Å². The Hall–Kier alpha value is -0.680. The van der Waals surface area contributed by atoms with Crippen LogP contribution >= 0.6 is 12.2 Å². The molecule has 0 bridgehead atoms. The molecule has 4 nitrogen and oxygen atoms in total. The molecule has 1 atom stereocenters. The number of hydrogen-bond acceptors (Lipinski definition) is 3. The number of hydrogen-bond donors (Lipinski definition) is 2. The van der Waals surface area contributed by atoms with Crippen molar-refractivity contribution in [1.82, 2.24) is 5.06 Å². The van der Waals surface area contributed by atoms with Crippen molar-refractivity contribution in [1.29, 1.82) is 0 Å². The molecule has 0 aromatic carbocycles. The fraction of sp³-hybridized carbons (Fsp3) is 0.600. The van der Waals surface area contributed by atoms with Gasteiger partial charge in [-0.1, -0.05) is 12.2 Å². The van der Waals surface area contributed by atoms with Gasteiger partial charge in [-0.3, -0.25) is 5.21 Å². The van der Waals surface area contributed by atoms with Gasteiger partial charge in [0, 0.05) is 6.42 Å². The summed E-state index contributed by atoms with van der Waals surface area (Å²) >= 11 is 4.65. The Morgan fingerprint density at radius 1 is 1.80 bits per heavy atom. The largest absolute Gasteiger partial charge is 0.480 e. The lowest BCUT2D eigenvalue weighted by molar-refractivity contribution is -0.151. The highest BCUT2D eigenvalue weighted by Crippen LogP contribution is 2.17. The number of nitrogens with zero attached hydrogens (tertiary/aromatic N) is 1. The first-order valence-electron chi connectivity index (χ1n) is 2.86. The van der Waals surface area contributed by atoms with Crippen molar-refractivity contribution in [3.63, 3.8) is 0 Å². The van der Waals surface area contributed by atoms with E-state index in [1.165, 1.54) is 0 Å². The van der Waals surface area contributed by atoms with Gasteiger partial charge in [0.2, 0.25) is 0 Å². The standard InChI is InChI=1S/C5H7NO3S/c7-5(8)3-1-2-4(10)6(3)9/h3,9H,1-2H2,(H,7,8). The Morgan fingerprint density at radius 3 is 2.60 bits per heavy atom. The molecule has 0 amide bonds. The zero-order chi connectivity index (χ0) is 7.72. The molecule has 5 heteroatoms. The number of thiocarbonyl (C=S) groups is 1. The lowest BCUT2D eigenvalue weighted by Crippen LogP contribution is -2.34. The summed E-state index contributed by atoms with van der Waals surface area (Å²) in [6.45, 7) is 0. The molecule has 1 heterocycles. The second-order valence-corrected chi connectivity index (χ2v) is 2.60. The fourth-order valence-corrected chi connectivity index (χ4v) is 1.14. The van der Waals surface area contributed by atoms with Gasteiger partial charge < -0.3 is 5.11 Å². The molecule has 0 radical (unpaired) electrons. The lowest BCUT2D eigenvalue weighted by Gasteiger charge is -2.13. The maximum Gasteiger partial charge on any atom is 0.328 e. The smallest absolute Gasteiger partial charge is 0.328 e. The van der Waals surface area contributed by atoms with Crippen LogP contribution in [0.5, 0.6) is 0 Å². The Labute approximate surface area is 63.0 Å². The fourth-order valence-electron chi connectivity index (χ4n) is 0.899. The minimum Gasteiger partial charge on any atom is -0.480 e. The Kier molecular flexibility index (Phi) is 1.87. The summed E-state index contributed by atoms with van der Waals surface area (Å²) in [5, 5.41) is 18.0. The third-order valence-corrected chi connectivity index (χ3v) is 1.86. The predicted octanol–water partition coefficient (Wildman–Crippen LogP) is 0.252. The maximum absolute atomic E-state index is 10.3. The molecule has 0 spiro atoms. The van der Waals surface area contributed by atoms with E-state index in [0.29, 0.717) is 22.9 Å². The van der Waals surface area contributed by atoms with Crippen LogP contribution < -0.4 is 0 Å². The highest BCUT2D eigenvalue weighted by Gasteiger charge is 2.32. The van der Waals surface area contributed by atoms with Crippen LogP contribution in [0.2, 0.25) is 0 Å². The number of carbonyl (C=O) groups is 1. The van der Waals surface area contributed by atoms with Gasteiger partial charge in [-0.05, 0) is 6.42 Å². The van der Waals surface area contributed by atoms with Gasteiger partial charge in [0.15, 0.2) is 6.04 Å². The summed E-state index contributed by atoms with van der Waals surface area (Å²) in [6, 6.07) is -0.826. The summed E-state index contributed by atoms with van der Waals surface area (Å²) in [6.07, 6.45) is 0.896. The van der Waals surface area contributed by atoms with Crippen molar-refractivity contribution >= 4 is 23.2 Å². The highest BCUT2D eigenvalue weighted by molar-refractivity contribution is 7.80. The van der Waals surface area contributed by atoms with Crippen LogP contribution in [-0.4, -0.2) is 32.4 Å². The molecule has 2 N–H and O–H groups in total. The number of carboxylic acids is 1. The predicted molar refractivity (Wildman–Crippen MR) is 36.9 cm³/mol. The minimum atomic E-state index is -1.03. The van der Waals surface area contributed by atoms with Crippen LogP contribution in [-0.2, 0) is 4.79 Å². The third-order valence-electron chi connectivity index (χ3n) is 1.47. The quantitative estimate of drug-likeness (QED) is 0.540. The summed E-state index contributed by atoms with van der Waals surface area (Å²) in [4.78, 5) is 10.6. The van der Waals surface area contributed by atoms with Crippen LogP contribution in [0.3, 0.4) is 0 Å². The first-order valence-corrected chi connectivity index (χ1v) is 3.27. The molecule has 1 rings (SSSR count). The molecule has 1 unspecified atom stereocenters. The minimum absolute atomic E-state index is 0.312. The zero-order valence-electron chi connectivity index (χ0n) is 5.15. The SMILES string of the molecule is O=C(O)C1CCC(=S)N1O. The molecule has 10 heavy (non-hydrogen) atoms. The number of rotatable bonds is 1. The van der Waals surface area contributed by atoms with Crippen molar-refractivity contribution < 1.29 is 15.1 Å². The zero-order valence-corrected chi connectivity index (χ0v) is 5.97. The molecule has 0 aromatic heterocycles. The van der Waals surface area contributed by atoms with Gasteiger partial charge in [-0.15, -0.1) is 0 Å². The summed E-state index contributed by atoms with van der Waals surface area (Å²) in [5.74, 6) is -1.03. The van der Waals surface area contributed by atoms with E-state index in [2.05, 4.69) is 12.2 Å². The topological polar surface area (TPSA) is 60.8 Å². The monoisotopic (exact) mass is 161 g/mol. The average Bonchev–Trinajstić information content (AvgIpc) is 2.14. The first kappa shape index (κ1) is 7.43. The molecule has 1 aliphatic heterocycles. The van der Waals surface area contributed by atoms with Gasteiger partial charge in [-0.2, -0.15) is 0 Å². The molecular weight excluding hydrogens is 154 g/mol. The van der Waals surface area contributed by atoms with Gasteiger partial charge >= 0.3 is 5.97 Å². The highest BCUT2D eigenvalue weighted by atomic mass is 32.1. The van der Waals surface area contributed by atoms with Crippen molar-refractivity contribution in [3.05, 3.63) is 0 Å². The van der Waals surface area contributed by atoms with Crippen molar-refractivity contribution in [2.45, 2.75) is 18.9 Å². The maximum atomic E-state index is 10.3. The van der Waals surface area contributed by atoms with E-state index < -0.39 is 12.0 Å². The molecule has 0 saturated carbocycles. The van der Waals surface area contributed by atoms with Gasteiger partial charge in [0.1, 0.15) is 4.99 Å². The summed E-state index contributed by atoms with van der Waals surface area (Å²) in [7, 11) is 0. The average molecular weight is 161 g/mol. The Balaban J connectivity index is 2.66. The van der Waals surface area contributed by atoms with Crippen LogP contribution in [0.1, 0.15) is 12.8 Å². The van der Waals surface area contributed by atoms with E-state index in [9.17, 15) is 4.79 Å². The Bertz CT molecular complexity index is 182. The van der Waals surface area contributed by atoms with E-state index >= 15 is 0 Å². The van der Waals surface area contributed by atoms with Gasteiger partial charge in [0.05, 0.1) is 0 Å². The van der Waals surface area contributed by atoms with Crippen LogP contribution in [0.15, 0.2) is 0 Å². The van der Waals surface area contributed by atoms with E-state index in [1.807, 2.05) is 0 Å². The van der Waals surface area contributed by atoms with Crippen LogP contribution in [0, 0.1) is 0 Å². The van der Waals surface area contributed by atoms with E-state index in [-0.39, 0.29) is 0 Å². The second kappa shape index (κ2) is 2.51. The first-order chi connectivity index (χ1) is 4.63. The lowest BCUT2D eigenvalue weighted by atomic mass is 10.2. The van der Waals surface area contributed by atoms with Crippen molar-refractivity contribution in [2.75, 3.05) is 0 Å². The number of aliphatic carboxylic acids is 1. The van der Waals surface area contributed by atoms with Crippen LogP contribution in [0.4, 0.5) is 0 Å². The molecule has 0 aromatic rings. The van der Waals surface area contributed by atoms with E-state index in [4.69, 9.17) is 10.3 Å². The second-order valence-electron chi connectivity index (χ2n) is 2.13. The Morgan fingerprint density at radius 2 is 2.40 bits per heavy atom. The van der Waals surface area contributed by atoms with E-state index in [1.54, 1.807) is 0 Å². The van der Waals surface area contributed by atoms with Crippen LogP contribution in [0.25, 0.3) is 0 Å². The molecule has 0 aliphatic carbocycles. The number of hydroxylamine groups is 2. The normalized spacial score (nSPS) is 25.5. The van der Waals surface area contributed by atoms with Crippen molar-refractivity contribution in [2.24, 2.45) is 0 Å². The van der Waals surface area contributed by atoms with Crippen molar-refractivity contribution in [3.8, 4) is 0 Å². The van der Waals surface area contributed by atoms with Gasteiger partial charge in [-0.25, -0.2) is 9.86 Å². The molecule has 1 fully saturated rings. The van der Waals surface area contributed by atoms with Gasteiger partial charge in [0.25, 0.3) is 0 Å². The summed E-state index contributed by atoms with van der Waals surface area (Å²) in [5.41, 5.74) is 0. The molecule has 1 aliphatic rings. The molecule has 56 valence electrons. The number of carboxylic acid groups (broad SMARTS) is 1. The molecular formula is C5H7NO3S. The molecule has 1 saturated heterocycles.